The fraction of sp³-hybridized carbons (Fsp3) is 0.400. The Morgan fingerprint density at radius 2 is 2.18 bits per heavy atom. The molecule has 0 bridgehead atoms. The van der Waals surface area contributed by atoms with E-state index in [1.165, 1.54) is 4.68 Å². The molecule has 7 nitrogen and oxygen atoms in total. The Kier molecular flexibility index (Phi) is 5.11. The van der Waals surface area contributed by atoms with Crippen LogP contribution in [-0.2, 0) is 7.05 Å². The highest BCUT2D eigenvalue weighted by Gasteiger charge is 2.11. The summed E-state index contributed by atoms with van der Waals surface area (Å²) < 4.78 is 7.16. The zero-order valence-corrected chi connectivity index (χ0v) is 13.3. The highest BCUT2D eigenvalue weighted by Crippen LogP contribution is 2.21. The first-order valence-electron chi connectivity index (χ1n) is 7.01. The third kappa shape index (κ3) is 4.29. The molecule has 2 aromatic rings. The summed E-state index contributed by atoms with van der Waals surface area (Å²) in [5, 5.41) is 10.4. The molecule has 0 unspecified atom stereocenters. The van der Waals surface area contributed by atoms with Crippen LogP contribution in [0.1, 0.15) is 16.1 Å². The van der Waals surface area contributed by atoms with E-state index in [0.717, 1.165) is 23.5 Å². The third-order valence-electron chi connectivity index (χ3n) is 3.09. The number of likely N-dealkylation sites (N-methyl/N-ethyl adjacent to an activating group) is 1. The lowest BCUT2D eigenvalue weighted by molar-refractivity contribution is 0.102. The number of nitrogens with zero attached hydrogens (tertiary/aromatic N) is 4. The van der Waals surface area contributed by atoms with E-state index in [0.29, 0.717) is 6.61 Å². The Bertz CT molecular complexity index is 651. The van der Waals surface area contributed by atoms with Gasteiger partial charge < -0.3 is 15.0 Å². The molecule has 22 heavy (non-hydrogen) atoms. The molecule has 0 aliphatic rings. The number of amides is 1. The zero-order chi connectivity index (χ0) is 16.1. The monoisotopic (exact) mass is 303 g/mol. The van der Waals surface area contributed by atoms with Gasteiger partial charge in [0, 0.05) is 19.3 Å². The molecule has 0 fully saturated rings. The maximum absolute atomic E-state index is 12.0. The average molecular weight is 303 g/mol. The fourth-order valence-corrected chi connectivity index (χ4v) is 1.85. The van der Waals surface area contributed by atoms with Crippen molar-refractivity contribution in [2.45, 2.75) is 6.92 Å². The topological polar surface area (TPSA) is 72.3 Å². The van der Waals surface area contributed by atoms with Gasteiger partial charge in [0.15, 0.2) is 5.69 Å². The van der Waals surface area contributed by atoms with Crippen LogP contribution < -0.4 is 10.1 Å². The van der Waals surface area contributed by atoms with E-state index in [4.69, 9.17) is 4.74 Å². The summed E-state index contributed by atoms with van der Waals surface area (Å²) >= 11 is 0. The minimum absolute atomic E-state index is 0.280. The highest BCUT2D eigenvalue weighted by atomic mass is 16.5. The molecule has 0 atom stereocenters. The molecule has 2 rings (SSSR count). The number of nitrogens with one attached hydrogen (secondary N) is 1. The predicted molar refractivity (Wildman–Crippen MR) is 84.2 cm³/mol. The second-order valence-electron chi connectivity index (χ2n) is 5.36. The number of benzene rings is 1. The van der Waals surface area contributed by atoms with E-state index in [1.807, 2.05) is 39.2 Å². The Morgan fingerprint density at radius 3 is 2.77 bits per heavy atom. The van der Waals surface area contributed by atoms with Crippen molar-refractivity contribution in [1.29, 1.82) is 0 Å². The second kappa shape index (κ2) is 7.04. The van der Waals surface area contributed by atoms with Crippen LogP contribution in [-0.4, -0.2) is 53.0 Å². The number of carbonyl (C=O) groups excluding carboxylic acids is 1. The van der Waals surface area contributed by atoms with Gasteiger partial charge in [0.25, 0.3) is 5.91 Å². The van der Waals surface area contributed by atoms with Gasteiger partial charge in [-0.1, -0.05) is 5.21 Å². The highest BCUT2D eigenvalue weighted by molar-refractivity contribution is 6.03. The van der Waals surface area contributed by atoms with Crippen LogP contribution in [0.5, 0.6) is 5.75 Å². The molecule has 0 radical (unpaired) electrons. The molecule has 0 aliphatic carbocycles. The van der Waals surface area contributed by atoms with Crippen LogP contribution in [0.25, 0.3) is 0 Å². The Morgan fingerprint density at radius 1 is 1.41 bits per heavy atom. The van der Waals surface area contributed by atoms with Gasteiger partial charge in [-0.25, -0.2) is 0 Å². The Balaban J connectivity index is 1.99. The summed E-state index contributed by atoms with van der Waals surface area (Å²) in [6.45, 7) is 3.40. The van der Waals surface area contributed by atoms with Crippen molar-refractivity contribution >= 4 is 11.6 Å². The van der Waals surface area contributed by atoms with Crippen LogP contribution in [0.3, 0.4) is 0 Å². The van der Waals surface area contributed by atoms with Gasteiger partial charge in [0.1, 0.15) is 12.4 Å². The lowest BCUT2D eigenvalue weighted by atomic mass is 10.2. The largest absolute Gasteiger partial charge is 0.492 e. The molecule has 1 aromatic heterocycles. The van der Waals surface area contributed by atoms with E-state index in [2.05, 4.69) is 20.5 Å². The number of rotatable bonds is 6. The average Bonchev–Trinajstić information content (AvgIpc) is 2.88. The van der Waals surface area contributed by atoms with Crippen molar-refractivity contribution in [2.75, 3.05) is 32.6 Å². The molecule has 118 valence electrons. The van der Waals surface area contributed by atoms with Crippen molar-refractivity contribution in [2.24, 2.45) is 7.05 Å². The number of carbonyl (C=O) groups is 1. The summed E-state index contributed by atoms with van der Waals surface area (Å²) in [4.78, 5) is 14.1. The number of aromatic nitrogens is 3. The van der Waals surface area contributed by atoms with Crippen LogP contribution >= 0.6 is 0 Å². The smallest absolute Gasteiger partial charge is 0.277 e. The molecule has 1 amide bonds. The van der Waals surface area contributed by atoms with Gasteiger partial charge in [0.05, 0.1) is 6.20 Å². The summed E-state index contributed by atoms with van der Waals surface area (Å²) in [6.07, 6.45) is 1.57. The van der Waals surface area contributed by atoms with Crippen molar-refractivity contribution in [3.05, 3.63) is 35.7 Å². The Hall–Kier alpha value is -2.41. The first-order valence-corrected chi connectivity index (χ1v) is 7.01. The molecule has 0 spiro atoms. The molecule has 0 saturated carbocycles. The van der Waals surface area contributed by atoms with Crippen LogP contribution in [0.4, 0.5) is 5.69 Å². The summed E-state index contributed by atoms with van der Waals surface area (Å²) in [5.41, 5.74) is 1.95. The van der Waals surface area contributed by atoms with Crippen LogP contribution in [0, 0.1) is 6.92 Å². The van der Waals surface area contributed by atoms with Gasteiger partial charge in [-0.15, -0.1) is 5.10 Å². The van der Waals surface area contributed by atoms with Crippen molar-refractivity contribution in [3.63, 3.8) is 0 Å². The zero-order valence-electron chi connectivity index (χ0n) is 13.3. The summed E-state index contributed by atoms with van der Waals surface area (Å²) in [5.74, 6) is 0.509. The van der Waals surface area contributed by atoms with E-state index in [9.17, 15) is 4.79 Å². The quantitative estimate of drug-likeness (QED) is 0.871. The number of anilines is 1. The lowest BCUT2D eigenvalue weighted by Gasteiger charge is -2.13. The second-order valence-corrected chi connectivity index (χ2v) is 5.36. The Labute approximate surface area is 129 Å². The predicted octanol–water partition coefficient (Wildman–Crippen LogP) is 1.32. The number of hydrogen-bond acceptors (Lipinski definition) is 5. The first-order chi connectivity index (χ1) is 10.5. The molecule has 1 N–H and O–H groups in total. The van der Waals surface area contributed by atoms with Crippen molar-refractivity contribution in [1.82, 2.24) is 19.9 Å². The molecule has 1 heterocycles. The van der Waals surface area contributed by atoms with Crippen LogP contribution in [0.2, 0.25) is 0 Å². The lowest BCUT2D eigenvalue weighted by Crippen LogP contribution is -2.19. The number of ether oxygens (including phenoxy) is 1. The van der Waals surface area contributed by atoms with Gasteiger partial charge >= 0.3 is 0 Å². The standard InChI is InChI=1S/C15H21N5O2/c1-11-9-12(22-8-7-19(2)3)5-6-13(11)16-15(21)14-10-20(4)18-17-14/h5-6,9-10H,7-8H2,1-4H3,(H,16,21). The minimum atomic E-state index is -0.280. The maximum Gasteiger partial charge on any atom is 0.277 e. The summed E-state index contributed by atoms with van der Waals surface area (Å²) in [7, 11) is 5.72. The molecular formula is C15H21N5O2. The van der Waals surface area contributed by atoms with Gasteiger partial charge in [-0.05, 0) is 44.8 Å². The van der Waals surface area contributed by atoms with Gasteiger partial charge in [-0.2, -0.15) is 0 Å². The SMILES string of the molecule is Cc1cc(OCCN(C)C)ccc1NC(=O)c1cn(C)nn1. The molecule has 1 aromatic carbocycles. The first kappa shape index (κ1) is 16.0. The maximum atomic E-state index is 12.0. The van der Waals surface area contributed by atoms with Crippen molar-refractivity contribution < 1.29 is 9.53 Å². The van der Waals surface area contributed by atoms with Crippen LogP contribution in [0.15, 0.2) is 24.4 Å². The third-order valence-corrected chi connectivity index (χ3v) is 3.09. The minimum Gasteiger partial charge on any atom is -0.492 e. The van der Waals surface area contributed by atoms with Crippen molar-refractivity contribution in [3.8, 4) is 5.75 Å². The van der Waals surface area contributed by atoms with Gasteiger partial charge in [-0.3, -0.25) is 9.48 Å². The fourth-order valence-electron chi connectivity index (χ4n) is 1.85. The van der Waals surface area contributed by atoms with E-state index < -0.39 is 0 Å². The molecule has 7 heteroatoms. The number of hydrogen-bond donors (Lipinski definition) is 1. The molecule has 0 aliphatic heterocycles. The van der Waals surface area contributed by atoms with E-state index in [-0.39, 0.29) is 11.6 Å². The molecule has 0 saturated heterocycles. The van der Waals surface area contributed by atoms with E-state index in [1.54, 1.807) is 13.2 Å². The van der Waals surface area contributed by atoms with Gasteiger partial charge in [0.2, 0.25) is 0 Å². The number of aryl methyl sites for hydroxylation is 2. The normalized spacial score (nSPS) is 10.8. The van der Waals surface area contributed by atoms with E-state index >= 15 is 0 Å². The molecular weight excluding hydrogens is 282 g/mol. The summed E-state index contributed by atoms with van der Waals surface area (Å²) in [6, 6.07) is 5.57.